The number of carbonyl (C=O) groups is 2. The van der Waals surface area contributed by atoms with Crippen molar-refractivity contribution in [1.29, 1.82) is 0 Å². The summed E-state index contributed by atoms with van der Waals surface area (Å²) in [6, 6.07) is 1.85. The highest BCUT2D eigenvalue weighted by Gasteiger charge is 2.40. The Labute approximate surface area is 143 Å². The maximum atomic E-state index is 12.8. The number of rotatable bonds is 5. The van der Waals surface area contributed by atoms with Crippen molar-refractivity contribution in [3.05, 3.63) is 18.5 Å². The zero-order chi connectivity index (χ0) is 17.7. The summed E-state index contributed by atoms with van der Waals surface area (Å²) < 4.78 is 0. The van der Waals surface area contributed by atoms with E-state index in [1.54, 1.807) is 37.2 Å². The molecule has 1 saturated heterocycles. The summed E-state index contributed by atoms with van der Waals surface area (Å²) in [5.74, 6) is 0.339. The highest BCUT2D eigenvalue weighted by molar-refractivity contribution is 6.04. The summed E-state index contributed by atoms with van der Waals surface area (Å²) in [5, 5.41) is 2.91. The molecule has 7 nitrogen and oxygen atoms in total. The van der Waals surface area contributed by atoms with E-state index < -0.39 is 5.41 Å². The van der Waals surface area contributed by atoms with E-state index >= 15 is 0 Å². The summed E-state index contributed by atoms with van der Waals surface area (Å²) in [6.07, 6.45) is 4.26. The summed E-state index contributed by atoms with van der Waals surface area (Å²) in [4.78, 5) is 37.5. The summed E-state index contributed by atoms with van der Waals surface area (Å²) in [6.45, 7) is 9.80. The van der Waals surface area contributed by atoms with Crippen LogP contribution in [0, 0.1) is 5.41 Å². The fourth-order valence-corrected chi connectivity index (χ4v) is 2.56. The molecule has 1 aliphatic heterocycles. The van der Waals surface area contributed by atoms with Crippen molar-refractivity contribution in [3.8, 4) is 0 Å². The predicted octanol–water partition coefficient (Wildman–Crippen LogP) is 1.07. The first kappa shape index (κ1) is 18.2. The number of hydrogen-bond acceptors (Lipinski definition) is 5. The van der Waals surface area contributed by atoms with Crippen molar-refractivity contribution in [2.24, 2.45) is 5.41 Å². The van der Waals surface area contributed by atoms with Gasteiger partial charge in [-0.15, -0.1) is 0 Å². The van der Waals surface area contributed by atoms with Crippen molar-refractivity contribution >= 4 is 17.8 Å². The molecule has 0 bridgehead atoms. The zero-order valence-electron chi connectivity index (χ0n) is 15.0. The molecular weight excluding hydrogens is 306 g/mol. The lowest BCUT2D eigenvalue weighted by Crippen LogP contribution is -2.56. The molecule has 2 amide bonds. The third kappa shape index (κ3) is 4.01. The maximum absolute atomic E-state index is 12.8. The SMILES string of the molecule is CCC(C)NC(=O)C(C)(C)C(=O)N1CCN(c2ncccn2)CC1. The van der Waals surface area contributed by atoms with Gasteiger partial charge in [0.2, 0.25) is 17.8 Å². The van der Waals surface area contributed by atoms with Crippen LogP contribution in [0.1, 0.15) is 34.1 Å². The minimum Gasteiger partial charge on any atom is -0.353 e. The molecule has 0 spiro atoms. The molecular formula is C17H27N5O2. The first-order valence-electron chi connectivity index (χ1n) is 8.48. The molecule has 1 unspecified atom stereocenters. The number of nitrogens with one attached hydrogen (secondary N) is 1. The zero-order valence-corrected chi connectivity index (χ0v) is 15.0. The molecule has 0 radical (unpaired) electrons. The van der Waals surface area contributed by atoms with Crippen LogP contribution in [0.5, 0.6) is 0 Å². The molecule has 132 valence electrons. The van der Waals surface area contributed by atoms with E-state index in [0.717, 1.165) is 6.42 Å². The number of piperazine rings is 1. The van der Waals surface area contributed by atoms with Crippen molar-refractivity contribution in [1.82, 2.24) is 20.2 Å². The van der Waals surface area contributed by atoms with E-state index in [2.05, 4.69) is 20.2 Å². The van der Waals surface area contributed by atoms with Crippen molar-refractivity contribution in [3.63, 3.8) is 0 Å². The number of amides is 2. The van der Waals surface area contributed by atoms with Crippen LogP contribution >= 0.6 is 0 Å². The van der Waals surface area contributed by atoms with E-state index in [4.69, 9.17) is 0 Å². The third-order valence-corrected chi connectivity index (χ3v) is 4.49. The van der Waals surface area contributed by atoms with Gasteiger partial charge in [0.25, 0.3) is 0 Å². The highest BCUT2D eigenvalue weighted by Crippen LogP contribution is 2.21. The summed E-state index contributed by atoms with van der Waals surface area (Å²) in [7, 11) is 0. The Balaban J connectivity index is 1.95. The molecule has 1 fully saturated rings. The largest absolute Gasteiger partial charge is 0.353 e. The molecule has 24 heavy (non-hydrogen) atoms. The van der Waals surface area contributed by atoms with Gasteiger partial charge < -0.3 is 15.1 Å². The first-order valence-corrected chi connectivity index (χ1v) is 8.48. The fraction of sp³-hybridized carbons (Fsp3) is 0.647. The van der Waals surface area contributed by atoms with E-state index in [9.17, 15) is 9.59 Å². The Kier molecular flexibility index (Phi) is 5.75. The van der Waals surface area contributed by atoms with Crippen molar-refractivity contribution in [2.45, 2.75) is 40.2 Å². The molecule has 0 aromatic carbocycles. The predicted molar refractivity (Wildman–Crippen MR) is 92.5 cm³/mol. The van der Waals surface area contributed by atoms with Gasteiger partial charge in [-0.1, -0.05) is 6.92 Å². The fourth-order valence-electron chi connectivity index (χ4n) is 2.56. The minimum atomic E-state index is -1.06. The maximum Gasteiger partial charge on any atom is 0.237 e. The monoisotopic (exact) mass is 333 g/mol. The first-order chi connectivity index (χ1) is 11.4. The van der Waals surface area contributed by atoms with Gasteiger partial charge in [0.15, 0.2) is 0 Å². The molecule has 1 N–H and O–H groups in total. The van der Waals surface area contributed by atoms with Crippen LogP contribution in [0.15, 0.2) is 18.5 Å². The van der Waals surface area contributed by atoms with E-state index in [1.807, 2.05) is 13.8 Å². The van der Waals surface area contributed by atoms with E-state index in [1.165, 1.54) is 0 Å². The van der Waals surface area contributed by atoms with Gasteiger partial charge in [-0.2, -0.15) is 0 Å². The van der Waals surface area contributed by atoms with Crippen molar-refractivity contribution < 1.29 is 9.59 Å². The molecule has 1 aliphatic rings. The molecule has 0 aliphatic carbocycles. The van der Waals surface area contributed by atoms with Crippen LogP contribution in [0.3, 0.4) is 0 Å². The lowest BCUT2D eigenvalue weighted by atomic mass is 9.89. The van der Waals surface area contributed by atoms with E-state index in [0.29, 0.717) is 32.1 Å². The lowest BCUT2D eigenvalue weighted by molar-refractivity contribution is -0.149. The van der Waals surface area contributed by atoms with Crippen LogP contribution in [0.25, 0.3) is 0 Å². The number of nitrogens with zero attached hydrogens (tertiary/aromatic N) is 4. The van der Waals surface area contributed by atoms with Gasteiger partial charge in [-0.3, -0.25) is 9.59 Å². The number of aromatic nitrogens is 2. The van der Waals surface area contributed by atoms with Gasteiger partial charge in [-0.25, -0.2) is 9.97 Å². The number of carbonyl (C=O) groups excluding carboxylic acids is 2. The van der Waals surface area contributed by atoms with Gasteiger partial charge in [0, 0.05) is 44.6 Å². The standard InChI is InChI=1S/C17H27N5O2/c1-5-13(2)20-14(23)17(3,4)15(24)21-9-11-22(12-10-21)16-18-7-6-8-19-16/h6-8,13H,5,9-12H2,1-4H3,(H,20,23). The van der Waals surface area contributed by atoms with E-state index in [-0.39, 0.29) is 17.9 Å². The quantitative estimate of drug-likeness (QED) is 0.816. The second-order valence-corrected chi connectivity index (χ2v) is 6.74. The summed E-state index contributed by atoms with van der Waals surface area (Å²) in [5.41, 5.74) is -1.06. The molecule has 2 heterocycles. The second kappa shape index (κ2) is 7.59. The third-order valence-electron chi connectivity index (χ3n) is 4.49. The Hall–Kier alpha value is -2.18. The van der Waals surface area contributed by atoms with Crippen LogP contribution in [0.4, 0.5) is 5.95 Å². The molecule has 1 atom stereocenters. The number of hydrogen-bond donors (Lipinski definition) is 1. The second-order valence-electron chi connectivity index (χ2n) is 6.74. The van der Waals surface area contributed by atoms with Crippen molar-refractivity contribution in [2.75, 3.05) is 31.1 Å². The van der Waals surface area contributed by atoms with Gasteiger partial charge in [0.1, 0.15) is 5.41 Å². The van der Waals surface area contributed by atoms with Gasteiger partial charge in [0.05, 0.1) is 0 Å². The normalized spacial score (nSPS) is 16.7. The Bertz CT molecular complexity index is 568. The average Bonchev–Trinajstić information content (AvgIpc) is 2.61. The average molecular weight is 333 g/mol. The topological polar surface area (TPSA) is 78.4 Å². The Morgan fingerprint density at radius 2 is 1.79 bits per heavy atom. The lowest BCUT2D eigenvalue weighted by Gasteiger charge is -2.38. The van der Waals surface area contributed by atoms with Crippen LogP contribution in [-0.4, -0.2) is 58.9 Å². The summed E-state index contributed by atoms with van der Waals surface area (Å²) >= 11 is 0. The van der Waals surface area contributed by atoms with Gasteiger partial charge >= 0.3 is 0 Å². The highest BCUT2D eigenvalue weighted by atomic mass is 16.2. The number of anilines is 1. The molecule has 1 aromatic rings. The molecule has 2 rings (SSSR count). The molecule has 0 saturated carbocycles. The van der Waals surface area contributed by atoms with Crippen LogP contribution in [-0.2, 0) is 9.59 Å². The van der Waals surface area contributed by atoms with Crippen LogP contribution < -0.4 is 10.2 Å². The van der Waals surface area contributed by atoms with Gasteiger partial charge in [-0.05, 0) is 33.3 Å². The smallest absolute Gasteiger partial charge is 0.237 e. The molecule has 7 heteroatoms. The Morgan fingerprint density at radius 1 is 1.21 bits per heavy atom. The minimum absolute atomic E-state index is 0.0663. The molecule has 1 aromatic heterocycles. The van der Waals surface area contributed by atoms with Crippen LogP contribution in [0.2, 0.25) is 0 Å². The Morgan fingerprint density at radius 3 is 2.33 bits per heavy atom.